The van der Waals surface area contributed by atoms with Crippen LogP contribution in [0.4, 0.5) is 11.4 Å². The van der Waals surface area contributed by atoms with Crippen molar-refractivity contribution in [3.8, 4) is 0 Å². The Kier molecular flexibility index (Phi) is 4.66. The largest absolute Gasteiger partial charge is 0.459 e. The van der Waals surface area contributed by atoms with Crippen molar-refractivity contribution in [2.75, 3.05) is 29.4 Å². The summed E-state index contributed by atoms with van der Waals surface area (Å²) >= 11 is 0. The number of nitrogens with zero attached hydrogens (tertiary/aromatic N) is 3. The van der Waals surface area contributed by atoms with E-state index in [1.165, 1.54) is 13.2 Å². The van der Waals surface area contributed by atoms with Crippen molar-refractivity contribution < 1.29 is 18.8 Å². The number of likely N-dealkylation sites (tertiary alicyclic amines) is 1. The van der Waals surface area contributed by atoms with Gasteiger partial charge in [-0.3, -0.25) is 14.4 Å². The summed E-state index contributed by atoms with van der Waals surface area (Å²) in [6.45, 7) is 5.24. The van der Waals surface area contributed by atoms with Gasteiger partial charge in [-0.25, -0.2) is 0 Å². The van der Waals surface area contributed by atoms with Gasteiger partial charge in [0.25, 0.3) is 11.8 Å². The van der Waals surface area contributed by atoms with Gasteiger partial charge in [0.05, 0.1) is 23.7 Å². The third-order valence-electron chi connectivity index (χ3n) is 5.37. The van der Waals surface area contributed by atoms with Gasteiger partial charge < -0.3 is 19.1 Å². The average molecular weight is 381 g/mol. The molecule has 1 aromatic carbocycles. The van der Waals surface area contributed by atoms with Gasteiger partial charge in [-0.05, 0) is 50.1 Å². The Morgan fingerprint density at radius 3 is 2.43 bits per heavy atom. The second kappa shape index (κ2) is 7.14. The molecule has 0 aliphatic carbocycles. The van der Waals surface area contributed by atoms with Crippen LogP contribution in [0, 0.1) is 0 Å². The maximum atomic E-state index is 13.0. The molecule has 3 amide bonds. The lowest BCUT2D eigenvalue weighted by molar-refractivity contribution is -0.117. The summed E-state index contributed by atoms with van der Waals surface area (Å²) in [5.74, 6) is -0.200. The normalized spacial score (nSPS) is 18.9. The number of anilines is 2. The maximum absolute atomic E-state index is 13.0. The highest BCUT2D eigenvalue weighted by atomic mass is 16.3. The zero-order valence-corrected chi connectivity index (χ0v) is 16.1. The zero-order valence-electron chi connectivity index (χ0n) is 16.1. The van der Waals surface area contributed by atoms with E-state index in [-0.39, 0.29) is 29.5 Å². The minimum Gasteiger partial charge on any atom is -0.459 e. The van der Waals surface area contributed by atoms with Crippen molar-refractivity contribution in [1.82, 2.24) is 4.90 Å². The number of carbonyl (C=O) groups is 3. The number of rotatable bonds is 2. The van der Waals surface area contributed by atoms with Crippen LogP contribution >= 0.6 is 0 Å². The lowest BCUT2D eigenvalue weighted by atomic mass is 10.0. The van der Waals surface area contributed by atoms with Gasteiger partial charge in [0.15, 0.2) is 5.76 Å². The van der Waals surface area contributed by atoms with Crippen molar-refractivity contribution in [3.63, 3.8) is 0 Å². The number of hydrogen-bond acceptors (Lipinski definition) is 4. The first-order valence-electron chi connectivity index (χ1n) is 9.56. The maximum Gasteiger partial charge on any atom is 0.294 e. The average Bonchev–Trinajstić information content (AvgIpc) is 3.39. The molecule has 1 saturated heterocycles. The Hall–Kier alpha value is -3.09. The van der Waals surface area contributed by atoms with Crippen molar-refractivity contribution in [1.29, 1.82) is 0 Å². The molecule has 146 valence electrons. The van der Waals surface area contributed by atoms with E-state index < -0.39 is 0 Å². The molecule has 0 N–H and O–H groups in total. The lowest BCUT2D eigenvalue weighted by Crippen LogP contribution is -2.51. The first-order chi connectivity index (χ1) is 13.5. The summed E-state index contributed by atoms with van der Waals surface area (Å²) in [6.07, 6.45) is 3.47. The monoisotopic (exact) mass is 381 g/mol. The van der Waals surface area contributed by atoms with Crippen molar-refractivity contribution in [2.45, 2.75) is 32.7 Å². The number of benzene rings is 1. The van der Waals surface area contributed by atoms with Crippen LogP contribution in [0.3, 0.4) is 0 Å². The molecule has 1 fully saturated rings. The molecule has 1 aromatic heterocycles. The molecule has 2 aliphatic rings. The summed E-state index contributed by atoms with van der Waals surface area (Å²) in [7, 11) is 0. The van der Waals surface area contributed by atoms with E-state index in [9.17, 15) is 14.4 Å². The fraction of sp³-hybridized carbons (Fsp3) is 0.381. The molecule has 7 heteroatoms. The highest BCUT2D eigenvalue weighted by molar-refractivity contribution is 6.10. The Labute approximate surface area is 163 Å². The first-order valence-corrected chi connectivity index (χ1v) is 9.56. The van der Waals surface area contributed by atoms with Gasteiger partial charge in [-0.2, -0.15) is 0 Å². The highest BCUT2D eigenvalue weighted by Crippen LogP contribution is 2.37. The van der Waals surface area contributed by atoms with Crippen molar-refractivity contribution in [2.24, 2.45) is 0 Å². The van der Waals surface area contributed by atoms with Crippen LogP contribution in [0.2, 0.25) is 0 Å². The van der Waals surface area contributed by atoms with Crippen LogP contribution in [0.15, 0.2) is 41.0 Å². The molecular formula is C21H23N3O4. The zero-order chi connectivity index (χ0) is 19.8. The second-order valence-electron chi connectivity index (χ2n) is 7.33. The van der Waals surface area contributed by atoms with E-state index in [0.717, 1.165) is 25.9 Å². The third-order valence-corrected chi connectivity index (χ3v) is 5.37. The fourth-order valence-corrected chi connectivity index (χ4v) is 4.07. The molecule has 2 aliphatic heterocycles. The number of furan rings is 1. The van der Waals surface area contributed by atoms with Gasteiger partial charge >= 0.3 is 0 Å². The predicted octanol–water partition coefficient (Wildman–Crippen LogP) is 2.92. The summed E-state index contributed by atoms with van der Waals surface area (Å²) in [6, 6.07) is 8.31. The van der Waals surface area contributed by atoms with Gasteiger partial charge in [0.1, 0.15) is 0 Å². The quantitative estimate of drug-likeness (QED) is 0.802. The molecule has 28 heavy (non-hydrogen) atoms. The number of hydrogen-bond donors (Lipinski definition) is 0. The van der Waals surface area contributed by atoms with Crippen LogP contribution < -0.4 is 9.80 Å². The SMILES string of the molecule is CC(=O)N1c2ccc(C(=O)N3CCCC3)cc2N(C(=O)c2ccco2)CC1C. The van der Waals surface area contributed by atoms with Gasteiger partial charge in [0, 0.05) is 32.1 Å². The Morgan fingerprint density at radius 1 is 1.04 bits per heavy atom. The smallest absolute Gasteiger partial charge is 0.294 e. The van der Waals surface area contributed by atoms with E-state index in [4.69, 9.17) is 4.42 Å². The van der Waals surface area contributed by atoms with Crippen LogP contribution in [0.1, 0.15) is 47.6 Å². The molecule has 4 rings (SSSR count). The van der Waals surface area contributed by atoms with Crippen LogP contribution in [0.5, 0.6) is 0 Å². The molecule has 0 spiro atoms. The molecule has 1 unspecified atom stereocenters. The summed E-state index contributed by atoms with van der Waals surface area (Å²) < 4.78 is 5.29. The fourth-order valence-electron chi connectivity index (χ4n) is 4.07. The Balaban J connectivity index is 1.77. The topological polar surface area (TPSA) is 74.1 Å². The number of amides is 3. The van der Waals surface area contributed by atoms with Crippen molar-refractivity contribution >= 4 is 29.1 Å². The van der Waals surface area contributed by atoms with E-state index in [2.05, 4.69) is 0 Å². The number of fused-ring (bicyclic) bond motifs is 1. The molecule has 3 heterocycles. The molecule has 0 radical (unpaired) electrons. The molecule has 1 atom stereocenters. The standard InChI is InChI=1S/C21H23N3O4/c1-14-13-23(21(27)19-6-5-11-28-19)18-12-16(20(26)22-9-3-4-10-22)7-8-17(18)24(14)15(2)25/h5-8,11-12,14H,3-4,9-10,13H2,1-2H3. The van der Waals surface area contributed by atoms with Gasteiger partial charge in [-0.15, -0.1) is 0 Å². The molecule has 0 bridgehead atoms. The minimum absolute atomic E-state index is 0.0429. The summed E-state index contributed by atoms with van der Waals surface area (Å²) in [5.41, 5.74) is 1.71. The van der Waals surface area contributed by atoms with E-state index in [0.29, 0.717) is 23.5 Å². The first kappa shape index (κ1) is 18.3. The Bertz CT molecular complexity index is 916. The predicted molar refractivity (Wildman–Crippen MR) is 105 cm³/mol. The van der Waals surface area contributed by atoms with Crippen molar-refractivity contribution in [3.05, 3.63) is 47.9 Å². The minimum atomic E-state index is -0.285. The van der Waals surface area contributed by atoms with Gasteiger partial charge in [0.2, 0.25) is 5.91 Å². The summed E-state index contributed by atoms with van der Waals surface area (Å²) in [4.78, 5) is 43.2. The van der Waals surface area contributed by atoms with Crippen LogP contribution in [-0.4, -0.2) is 48.3 Å². The number of carbonyl (C=O) groups excluding carboxylic acids is 3. The van der Waals surface area contributed by atoms with Crippen LogP contribution in [-0.2, 0) is 4.79 Å². The van der Waals surface area contributed by atoms with E-state index in [1.807, 2.05) is 11.8 Å². The van der Waals surface area contributed by atoms with Gasteiger partial charge in [-0.1, -0.05) is 0 Å². The Morgan fingerprint density at radius 2 is 1.79 bits per heavy atom. The highest BCUT2D eigenvalue weighted by Gasteiger charge is 2.35. The lowest BCUT2D eigenvalue weighted by Gasteiger charge is -2.40. The van der Waals surface area contributed by atoms with E-state index in [1.54, 1.807) is 40.1 Å². The van der Waals surface area contributed by atoms with E-state index >= 15 is 0 Å². The molecule has 7 nitrogen and oxygen atoms in total. The molecule has 0 saturated carbocycles. The second-order valence-corrected chi connectivity index (χ2v) is 7.33. The third kappa shape index (κ3) is 3.06. The molecular weight excluding hydrogens is 358 g/mol. The van der Waals surface area contributed by atoms with Crippen LogP contribution in [0.25, 0.3) is 0 Å². The summed E-state index contributed by atoms with van der Waals surface area (Å²) in [5, 5.41) is 0. The molecule has 2 aromatic rings.